The number of nitrogens with zero attached hydrogens (tertiary/aromatic N) is 2. The molecule has 2 amide bonds. The molecule has 1 N–H and O–H groups in total. The highest BCUT2D eigenvalue weighted by Crippen LogP contribution is 2.28. The van der Waals surface area contributed by atoms with Crippen LogP contribution >= 0.6 is 23.2 Å². The van der Waals surface area contributed by atoms with Gasteiger partial charge in [-0.1, -0.05) is 54.7 Å². The van der Waals surface area contributed by atoms with Crippen molar-refractivity contribution in [1.29, 1.82) is 0 Å². The summed E-state index contributed by atoms with van der Waals surface area (Å²) in [4.78, 5) is 27.2. The minimum absolute atomic E-state index is 0.118. The molecule has 34 heavy (non-hydrogen) atoms. The van der Waals surface area contributed by atoms with Gasteiger partial charge in [0.05, 0.1) is 22.0 Å². The first-order chi connectivity index (χ1) is 16.0. The van der Waals surface area contributed by atoms with Crippen LogP contribution in [0.5, 0.6) is 0 Å². The predicted molar refractivity (Wildman–Crippen MR) is 133 cm³/mol. The topological polar surface area (TPSA) is 86.8 Å². The molecule has 0 aliphatic carbocycles. The molecule has 2 rings (SSSR count). The minimum Gasteiger partial charge on any atom is -0.354 e. The highest BCUT2D eigenvalue weighted by molar-refractivity contribution is 7.92. The Morgan fingerprint density at radius 2 is 1.79 bits per heavy atom. The summed E-state index contributed by atoms with van der Waals surface area (Å²) in [5.41, 5.74) is 0.334. The maximum Gasteiger partial charge on any atom is 0.244 e. The Morgan fingerprint density at radius 1 is 1.12 bits per heavy atom. The third kappa shape index (κ3) is 7.58. The average molecular weight is 532 g/mol. The lowest BCUT2D eigenvalue weighted by Crippen LogP contribution is -2.51. The number of hydrogen-bond donors (Lipinski definition) is 1. The first-order valence-corrected chi connectivity index (χ1v) is 13.3. The predicted octanol–water partition coefficient (Wildman–Crippen LogP) is 4.23. The highest BCUT2D eigenvalue weighted by Gasteiger charge is 2.30. The highest BCUT2D eigenvalue weighted by atomic mass is 35.5. The molecule has 7 nitrogen and oxygen atoms in total. The van der Waals surface area contributed by atoms with Gasteiger partial charge in [-0.2, -0.15) is 0 Å². The number of carbonyl (C=O) groups excluding carboxylic acids is 2. The maximum atomic E-state index is 14.4. The molecule has 2 aromatic rings. The monoisotopic (exact) mass is 531 g/mol. The summed E-state index contributed by atoms with van der Waals surface area (Å²) in [6, 6.07) is 9.09. The zero-order valence-electron chi connectivity index (χ0n) is 19.2. The van der Waals surface area contributed by atoms with Crippen molar-refractivity contribution in [3.63, 3.8) is 0 Å². The van der Waals surface area contributed by atoms with Crippen LogP contribution in [-0.2, 0) is 26.2 Å². The van der Waals surface area contributed by atoms with Crippen molar-refractivity contribution >= 4 is 50.7 Å². The second-order valence-corrected chi connectivity index (χ2v) is 10.5. The van der Waals surface area contributed by atoms with Crippen molar-refractivity contribution in [3.05, 3.63) is 63.9 Å². The maximum absolute atomic E-state index is 14.4. The molecule has 0 aliphatic rings. The van der Waals surface area contributed by atoms with Gasteiger partial charge in [-0.15, -0.1) is 0 Å². The molecular formula is C23H28Cl2FN3O4S. The van der Waals surface area contributed by atoms with Crippen molar-refractivity contribution < 1.29 is 22.4 Å². The van der Waals surface area contributed by atoms with Crippen LogP contribution in [0.3, 0.4) is 0 Å². The van der Waals surface area contributed by atoms with Gasteiger partial charge in [0.1, 0.15) is 18.4 Å². The summed E-state index contributed by atoms with van der Waals surface area (Å²) < 4.78 is 40.3. The van der Waals surface area contributed by atoms with E-state index in [4.69, 9.17) is 23.2 Å². The lowest BCUT2D eigenvalue weighted by Gasteiger charge is -2.31. The normalized spacial score (nSPS) is 12.2. The third-order valence-electron chi connectivity index (χ3n) is 5.17. The van der Waals surface area contributed by atoms with Crippen LogP contribution < -0.4 is 9.62 Å². The molecule has 0 fully saturated rings. The Balaban J connectivity index is 2.38. The number of rotatable bonds is 11. The number of hydrogen-bond acceptors (Lipinski definition) is 4. The number of amides is 2. The SMILES string of the molecule is CCCCNC(=O)[C@@H](C)N(Cc1ccccc1F)C(=O)CN(c1ccc(Cl)c(Cl)c1)S(C)(=O)=O. The lowest BCUT2D eigenvalue weighted by molar-refractivity contribution is -0.139. The summed E-state index contributed by atoms with van der Waals surface area (Å²) in [5.74, 6) is -1.64. The van der Waals surface area contributed by atoms with Gasteiger partial charge < -0.3 is 10.2 Å². The third-order valence-corrected chi connectivity index (χ3v) is 7.05. The molecule has 0 spiro atoms. The van der Waals surface area contributed by atoms with Crippen LogP contribution in [0.4, 0.5) is 10.1 Å². The van der Waals surface area contributed by atoms with Crippen LogP contribution in [0, 0.1) is 5.82 Å². The second kappa shape index (κ2) is 12.4. The fraction of sp³-hybridized carbons (Fsp3) is 0.391. The summed E-state index contributed by atoms with van der Waals surface area (Å²) in [5, 5.41) is 3.10. The molecule has 0 saturated heterocycles. The van der Waals surface area contributed by atoms with E-state index in [9.17, 15) is 22.4 Å². The fourth-order valence-electron chi connectivity index (χ4n) is 3.18. The lowest BCUT2D eigenvalue weighted by atomic mass is 10.1. The van der Waals surface area contributed by atoms with Crippen LogP contribution in [0.1, 0.15) is 32.3 Å². The fourth-order valence-corrected chi connectivity index (χ4v) is 4.32. The summed E-state index contributed by atoms with van der Waals surface area (Å²) in [7, 11) is -3.91. The van der Waals surface area contributed by atoms with Crippen LogP contribution in [-0.4, -0.2) is 50.5 Å². The standard InChI is InChI=1S/C23H28Cl2FN3O4S/c1-4-5-12-27-23(31)16(2)28(14-17-8-6-7-9-21(17)26)22(30)15-29(34(3,32)33)18-10-11-19(24)20(25)13-18/h6-11,13,16H,4-5,12,14-15H2,1-3H3,(H,27,31)/t16-/m1/s1. The molecule has 186 valence electrons. The number of carbonyl (C=O) groups is 2. The molecular weight excluding hydrogens is 504 g/mol. The van der Waals surface area contributed by atoms with Gasteiger partial charge in [-0.25, -0.2) is 12.8 Å². The van der Waals surface area contributed by atoms with Crippen molar-refractivity contribution in [1.82, 2.24) is 10.2 Å². The van der Waals surface area contributed by atoms with Crippen LogP contribution in [0.2, 0.25) is 10.0 Å². The smallest absolute Gasteiger partial charge is 0.244 e. The molecule has 0 bridgehead atoms. The van der Waals surface area contributed by atoms with E-state index in [2.05, 4.69) is 5.32 Å². The average Bonchev–Trinajstić information content (AvgIpc) is 2.77. The van der Waals surface area contributed by atoms with Gasteiger partial charge in [0.25, 0.3) is 0 Å². The second-order valence-electron chi connectivity index (χ2n) is 7.80. The Kier molecular flexibility index (Phi) is 10.1. The first-order valence-electron chi connectivity index (χ1n) is 10.7. The quantitative estimate of drug-likeness (QED) is 0.439. The van der Waals surface area contributed by atoms with Crippen molar-refractivity contribution in [2.75, 3.05) is 23.7 Å². The Labute approximate surface area is 209 Å². The van der Waals surface area contributed by atoms with Gasteiger partial charge >= 0.3 is 0 Å². The van der Waals surface area contributed by atoms with E-state index in [1.54, 1.807) is 6.07 Å². The van der Waals surface area contributed by atoms with E-state index < -0.39 is 40.2 Å². The van der Waals surface area contributed by atoms with E-state index in [1.165, 1.54) is 43.3 Å². The van der Waals surface area contributed by atoms with E-state index in [0.717, 1.165) is 28.3 Å². The molecule has 0 saturated carbocycles. The molecule has 2 aromatic carbocycles. The first kappa shape index (κ1) is 27.9. The molecule has 0 unspecified atom stereocenters. The van der Waals surface area contributed by atoms with Gasteiger partial charge in [-0.05, 0) is 37.6 Å². The molecule has 1 atom stereocenters. The van der Waals surface area contributed by atoms with Crippen molar-refractivity contribution in [2.45, 2.75) is 39.3 Å². The van der Waals surface area contributed by atoms with Crippen LogP contribution in [0.15, 0.2) is 42.5 Å². The number of anilines is 1. The Hall–Kier alpha value is -2.36. The molecule has 0 aliphatic heterocycles. The number of benzene rings is 2. The van der Waals surface area contributed by atoms with Gasteiger partial charge in [0.15, 0.2) is 0 Å². The van der Waals surface area contributed by atoms with E-state index in [0.29, 0.717) is 6.54 Å². The number of unbranched alkanes of at least 4 members (excludes halogenated alkanes) is 1. The molecule has 0 aromatic heterocycles. The largest absolute Gasteiger partial charge is 0.354 e. The number of nitrogens with one attached hydrogen (secondary N) is 1. The van der Waals surface area contributed by atoms with Gasteiger partial charge in [0.2, 0.25) is 21.8 Å². The summed E-state index contributed by atoms with van der Waals surface area (Å²) in [6.45, 7) is 3.10. The van der Waals surface area contributed by atoms with Crippen molar-refractivity contribution in [3.8, 4) is 0 Å². The summed E-state index contributed by atoms with van der Waals surface area (Å²) >= 11 is 12.0. The zero-order valence-corrected chi connectivity index (χ0v) is 21.6. The Bertz CT molecular complexity index is 1130. The van der Waals surface area contributed by atoms with Gasteiger partial charge in [-0.3, -0.25) is 13.9 Å². The zero-order chi connectivity index (χ0) is 25.5. The Morgan fingerprint density at radius 3 is 2.38 bits per heavy atom. The van der Waals surface area contributed by atoms with E-state index in [1.807, 2.05) is 6.92 Å². The van der Waals surface area contributed by atoms with Crippen LogP contribution in [0.25, 0.3) is 0 Å². The summed E-state index contributed by atoms with van der Waals surface area (Å²) in [6.07, 6.45) is 2.59. The number of halogens is 3. The van der Waals surface area contributed by atoms with Crippen molar-refractivity contribution in [2.24, 2.45) is 0 Å². The van der Waals surface area contributed by atoms with E-state index in [-0.39, 0.29) is 27.8 Å². The molecule has 0 heterocycles. The minimum atomic E-state index is -3.91. The number of sulfonamides is 1. The molecule has 0 radical (unpaired) electrons. The van der Waals surface area contributed by atoms with Gasteiger partial charge in [0, 0.05) is 18.7 Å². The van der Waals surface area contributed by atoms with E-state index >= 15 is 0 Å². The molecule has 11 heteroatoms.